The van der Waals surface area contributed by atoms with E-state index in [-0.39, 0.29) is 0 Å². The third-order valence-corrected chi connectivity index (χ3v) is 21.8. The van der Waals surface area contributed by atoms with Crippen LogP contribution in [0.1, 0.15) is 0 Å². The zero-order chi connectivity index (χ0) is 81.9. The van der Waals surface area contributed by atoms with Crippen LogP contribution in [0, 0.1) is 0 Å². The molecule has 0 amide bonds. The summed E-state index contributed by atoms with van der Waals surface area (Å²) in [5, 5.41) is 352. The van der Waals surface area contributed by atoms with E-state index >= 15 is 0 Å². The topological polar surface area (TPSA) is 823 Å². The Morgan fingerprint density at radius 3 is 0.441 bits per heavy atom. The quantitative estimate of drug-likeness (QED) is 0.0273. The van der Waals surface area contributed by atoms with E-state index in [1.807, 2.05) is 0 Å². The van der Waals surface area contributed by atoms with E-state index in [4.69, 9.17) is 90.0 Å². The fraction of sp³-hybridized carbons (Fsp3) is 1.00. The first-order valence-electron chi connectivity index (χ1n) is 34.9. The maximum absolute atomic E-state index is 12.0. The third-order valence-electron chi connectivity index (χ3n) is 21.8. The second-order valence-corrected chi connectivity index (χ2v) is 28.7. The molecule has 0 saturated carbocycles. The van der Waals surface area contributed by atoms with Crippen molar-refractivity contribution in [1.29, 1.82) is 0 Å². The van der Waals surface area contributed by atoms with Gasteiger partial charge in [-0.2, -0.15) is 0 Å². The first kappa shape index (κ1) is 91.3. The second-order valence-electron chi connectivity index (χ2n) is 28.7. The Balaban J connectivity index is 0.952. The van der Waals surface area contributed by atoms with E-state index < -0.39 is 373 Å². The number of aliphatic hydroxyl groups is 32. The molecule has 111 heavy (non-hydrogen) atoms. The molecule has 0 aromatic rings. The largest absolute Gasteiger partial charge is 0.394 e. The number of aliphatic hydroxyl groups excluding tert-OH is 31. The first-order chi connectivity index (χ1) is 52.3. The van der Waals surface area contributed by atoms with Crippen molar-refractivity contribution in [1.82, 2.24) is 0 Å². The molecular formula is C60H102O51. The van der Waals surface area contributed by atoms with Crippen molar-refractivity contribution in [3.63, 3.8) is 0 Å². The summed E-state index contributed by atoms with van der Waals surface area (Å²) in [6.07, 6.45) is -64.9. The van der Waals surface area contributed by atoms with Crippen LogP contribution in [0.2, 0.25) is 0 Å². The first-order valence-corrected chi connectivity index (χ1v) is 34.9. The standard InChI is InChI=1S/C60H102O51/c61-1-21-31(72)41(82)51(92,102-21)12-93-53(43(84)33(74)23(3-63)104-53)14-95-55(45(86)35(76)25(5-65)106-55)16-97-57(47(88)37(78)27(7-67)108-57)18-99-59(49(90)39(80)29(9-69)110-59)20-101-60(50(91)40(81)30(10-70)111-60)19-100-58(48(89)38(79)28(8-68)109-58)17-98-56(46(87)36(77)26(6-66)107-56)15-96-54(44(85)34(75)24(4-64)105-54)13-94-52(11-71)42(83)32(73)22(2-62)103-52/h21-50,61-92H,1-20H2. The molecule has 10 fully saturated rings. The molecule has 10 rings (SSSR count). The lowest BCUT2D eigenvalue weighted by molar-refractivity contribution is -0.395. The smallest absolute Gasteiger partial charge is 0.222 e. The van der Waals surface area contributed by atoms with Crippen molar-refractivity contribution in [2.75, 3.05) is 132 Å². The highest BCUT2D eigenvalue weighted by Crippen LogP contribution is 2.48. The van der Waals surface area contributed by atoms with Crippen LogP contribution in [0.4, 0.5) is 0 Å². The van der Waals surface area contributed by atoms with Gasteiger partial charge in [0, 0.05) is 0 Å². The van der Waals surface area contributed by atoms with Gasteiger partial charge < -0.3 is 253 Å². The third kappa shape index (κ3) is 16.1. The Bertz CT molecular complexity index is 2970. The van der Waals surface area contributed by atoms with E-state index in [0.717, 1.165) is 0 Å². The van der Waals surface area contributed by atoms with Crippen LogP contribution in [0.25, 0.3) is 0 Å². The number of ether oxygens (including phenoxy) is 19. The molecule has 40 unspecified atom stereocenters. The molecule has 32 N–H and O–H groups in total. The average molecular weight is 1640 g/mol. The summed E-state index contributed by atoms with van der Waals surface area (Å²) in [5.74, 6) is -30.4. The average Bonchev–Trinajstić information content (AvgIpc) is 1.60. The molecule has 0 bridgehead atoms. The molecule has 0 spiro atoms. The molecular weight excluding hydrogens is 1540 g/mol. The molecule has 0 aliphatic carbocycles. The van der Waals surface area contributed by atoms with Crippen molar-refractivity contribution in [2.24, 2.45) is 0 Å². The van der Waals surface area contributed by atoms with Crippen molar-refractivity contribution >= 4 is 0 Å². The van der Waals surface area contributed by atoms with Gasteiger partial charge in [-0.1, -0.05) is 0 Å². The Morgan fingerprint density at radius 1 is 0.171 bits per heavy atom. The summed E-state index contributed by atoms with van der Waals surface area (Å²) in [5.41, 5.74) is 0. The van der Waals surface area contributed by atoms with Gasteiger partial charge in [0.1, 0.15) is 249 Å². The minimum absolute atomic E-state index is 0.963. The van der Waals surface area contributed by atoms with E-state index in [1.54, 1.807) is 0 Å². The van der Waals surface area contributed by atoms with Gasteiger partial charge in [0.15, 0.2) is 0 Å². The van der Waals surface area contributed by atoms with Gasteiger partial charge in [0.05, 0.1) is 66.1 Å². The lowest BCUT2D eigenvalue weighted by atomic mass is 10.0. The highest BCUT2D eigenvalue weighted by Gasteiger charge is 2.70. The Kier molecular flexibility index (Phi) is 29.1. The summed E-state index contributed by atoms with van der Waals surface area (Å²) < 4.78 is 111. The number of rotatable bonds is 38. The van der Waals surface area contributed by atoms with E-state index in [2.05, 4.69) is 0 Å². The minimum Gasteiger partial charge on any atom is -0.394 e. The van der Waals surface area contributed by atoms with Crippen molar-refractivity contribution in [3.05, 3.63) is 0 Å². The maximum atomic E-state index is 12.0. The predicted molar refractivity (Wildman–Crippen MR) is 330 cm³/mol. The Hall–Kier alpha value is -2.04. The summed E-state index contributed by atoms with van der Waals surface area (Å²) in [7, 11) is 0. The monoisotopic (exact) mass is 1640 g/mol. The number of hydrogen-bond donors (Lipinski definition) is 32. The molecule has 10 saturated heterocycles. The molecule has 648 valence electrons. The van der Waals surface area contributed by atoms with Gasteiger partial charge in [-0.25, -0.2) is 0 Å². The highest BCUT2D eigenvalue weighted by molar-refractivity contribution is 5.09. The summed E-state index contributed by atoms with van der Waals surface area (Å²) in [4.78, 5) is 0. The van der Waals surface area contributed by atoms with Crippen molar-refractivity contribution in [2.45, 2.75) is 241 Å². The normalized spacial score (nSPS) is 52.6. The predicted octanol–water partition coefficient (Wildman–Crippen LogP) is -22.8. The van der Waals surface area contributed by atoms with E-state index in [9.17, 15) is 163 Å². The maximum Gasteiger partial charge on any atom is 0.222 e. The van der Waals surface area contributed by atoms with Gasteiger partial charge in [0.2, 0.25) is 57.9 Å². The zero-order valence-electron chi connectivity index (χ0n) is 58.5. The van der Waals surface area contributed by atoms with Gasteiger partial charge in [0.25, 0.3) is 0 Å². The SMILES string of the molecule is OCC1OC(O)(COC2(COC3(COC4(COC5(COC6(COC7(COC8(COC9(COC%10(CO)OC(CO)C(O)C%10O)OC(CO)C(O)C9O)OC(CO)C(O)C8O)OC(CO)C(O)C7O)OC(CO)C(O)C6O)OC(CO)C(O)C5O)OC(CO)C(O)C4O)OC(CO)C(O)C3O)OC(CO)C(O)C2O)C(O)C1O. The lowest BCUT2D eigenvalue weighted by Gasteiger charge is -2.43. The summed E-state index contributed by atoms with van der Waals surface area (Å²) in [6.45, 7) is -26.1. The van der Waals surface area contributed by atoms with Crippen LogP contribution in [-0.4, -0.2) is 537 Å². The van der Waals surface area contributed by atoms with E-state index in [1.165, 1.54) is 0 Å². The fourth-order valence-corrected chi connectivity index (χ4v) is 14.7. The molecule has 10 aliphatic heterocycles. The second kappa shape index (κ2) is 35.3. The van der Waals surface area contributed by atoms with Gasteiger partial charge in [-0.15, -0.1) is 0 Å². The molecule has 0 radical (unpaired) electrons. The Morgan fingerprint density at radius 2 is 0.297 bits per heavy atom. The molecule has 51 heteroatoms. The highest BCUT2D eigenvalue weighted by atomic mass is 16.9. The van der Waals surface area contributed by atoms with Crippen LogP contribution in [0.15, 0.2) is 0 Å². The minimum atomic E-state index is -3.20. The lowest BCUT2D eigenvalue weighted by Crippen LogP contribution is -2.61. The van der Waals surface area contributed by atoms with Crippen molar-refractivity contribution in [3.8, 4) is 0 Å². The van der Waals surface area contributed by atoms with Crippen LogP contribution in [0.5, 0.6) is 0 Å². The van der Waals surface area contributed by atoms with Gasteiger partial charge in [-0.05, 0) is 0 Å². The summed E-state index contributed by atoms with van der Waals surface area (Å²) >= 11 is 0. The number of hydrogen-bond acceptors (Lipinski definition) is 51. The molecule has 40 atom stereocenters. The molecule has 0 aromatic heterocycles. The molecule has 10 aliphatic rings. The molecule has 10 heterocycles. The van der Waals surface area contributed by atoms with Crippen LogP contribution in [0.3, 0.4) is 0 Å². The fourth-order valence-electron chi connectivity index (χ4n) is 14.7. The zero-order valence-corrected chi connectivity index (χ0v) is 58.5. The Labute approximate surface area is 625 Å². The van der Waals surface area contributed by atoms with Crippen molar-refractivity contribution < 1.29 is 253 Å². The van der Waals surface area contributed by atoms with Gasteiger partial charge in [-0.3, -0.25) is 0 Å². The summed E-state index contributed by atoms with van der Waals surface area (Å²) in [6, 6.07) is 0. The van der Waals surface area contributed by atoms with Crippen LogP contribution >= 0.6 is 0 Å². The van der Waals surface area contributed by atoms with E-state index in [0.29, 0.717) is 0 Å². The molecule has 0 aromatic carbocycles. The molecule has 51 nitrogen and oxygen atoms in total. The van der Waals surface area contributed by atoms with Gasteiger partial charge >= 0.3 is 0 Å². The van der Waals surface area contributed by atoms with Crippen LogP contribution < -0.4 is 0 Å². The van der Waals surface area contributed by atoms with Crippen LogP contribution in [-0.2, 0) is 90.0 Å².